The van der Waals surface area contributed by atoms with Crippen molar-refractivity contribution in [2.24, 2.45) is 5.92 Å². The Bertz CT molecular complexity index is 919. The topological polar surface area (TPSA) is 95.8 Å². The van der Waals surface area contributed by atoms with Gasteiger partial charge in [-0.25, -0.2) is 0 Å². The van der Waals surface area contributed by atoms with Gasteiger partial charge in [-0.15, -0.1) is 0 Å². The zero-order valence-corrected chi connectivity index (χ0v) is 17.2. The summed E-state index contributed by atoms with van der Waals surface area (Å²) in [7, 11) is 0. The molecule has 0 radical (unpaired) electrons. The van der Waals surface area contributed by atoms with Crippen molar-refractivity contribution in [2.45, 2.75) is 20.3 Å². The van der Waals surface area contributed by atoms with E-state index < -0.39 is 10.8 Å². The van der Waals surface area contributed by atoms with Gasteiger partial charge in [-0.05, 0) is 36.2 Å². The van der Waals surface area contributed by atoms with Crippen molar-refractivity contribution >= 4 is 28.9 Å². The summed E-state index contributed by atoms with van der Waals surface area (Å²) in [5.74, 6) is 0.0423. The molecule has 1 saturated heterocycles. The van der Waals surface area contributed by atoms with E-state index in [1.165, 1.54) is 18.2 Å². The van der Waals surface area contributed by atoms with Crippen molar-refractivity contribution in [2.75, 3.05) is 36.4 Å². The third kappa shape index (κ3) is 5.14. The van der Waals surface area contributed by atoms with Gasteiger partial charge in [-0.3, -0.25) is 19.7 Å². The number of hydrogen-bond donors (Lipinski definition) is 1. The minimum Gasteiger partial charge on any atom is -0.368 e. The van der Waals surface area contributed by atoms with Gasteiger partial charge in [0, 0.05) is 50.0 Å². The van der Waals surface area contributed by atoms with Crippen LogP contribution in [0.2, 0.25) is 0 Å². The number of nitrogens with one attached hydrogen (secondary N) is 1. The SMILES string of the molecule is CC(C)CC(=O)N1CCN(c2ccc(NC(=O)c3ccccc3[N+](=O)[O-])cc2)CC1. The molecule has 0 atom stereocenters. The normalized spacial score (nSPS) is 14.0. The Hall–Kier alpha value is -3.42. The third-order valence-electron chi connectivity index (χ3n) is 5.05. The first-order valence-corrected chi connectivity index (χ1v) is 10.0. The fourth-order valence-electron chi connectivity index (χ4n) is 3.47. The van der Waals surface area contributed by atoms with Crippen molar-refractivity contribution in [1.82, 2.24) is 4.90 Å². The predicted molar refractivity (Wildman–Crippen MR) is 116 cm³/mol. The summed E-state index contributed by atoms with van der Waals surface area (Å²) in [4.78, 5) is 39.3. The molecule has 8 nitrogen and oxygen atoms in total. The highest BCUT2D eigenvalue weighted by atomic mass is 16.6. The van der Waals surface area contributed by atoms with Crippen LogP contribution in [-0.4, -0.2) is 47.8 Å². The number of para-hydroxylation sites is 1. The first-order valence-electron chi connectivity index (χ1n) is 10.0. The van der Waals surface area contributed by atoms with Crippen molar-refractivity contribution in [3.8, 4) is 0 Å². The summed E-state index contributed by atoms with van der Waals surface area (Å²) in [6.07, 6.45) is 0.577. The van der Waals surface area contributed by atoms with Gasteiger partial charge in [-0.1, -0.05) is 26.0 Å². The van der Waals surface area contributed by atoms with Crippen LogP contribution in [0.5, 0.6) is 0 Å². The maximum Gasteiger partial charge on any atom is 0.282 e. The van der Waals surface area contributed by atoms with E-state index in [0.29, 0.717) is 31.1 Å². The molecule has 2 amide bonds. The van der Waals surface area contributed by atoms with Crippen molar-refractivity contribution < 1.29 is 14.5 Å². The molecular weight excluding hydrogens is 384 g/mol. The number of nitro groups is 1. The van der Waals surface area contributed by atoms with Crippen LogP contribution in [-0.2, 0) is 4.79 Å². The summed E-state index contributed by atoms with van der Waals surface area (Å²) in [5, 5.41) is 13.8. The molecule has 158 valence electrons. The molecular formula is C22H26N4O4. The van der Waals surface area contributed by atoms with Crippen molar-refractivity contribution in [1.29, 1.82) is 0 Å². The monoisotopic (exact) mass is 410 g/mol. The maximum atomic E-state index is 12.4. The van der Waals surface area contributed by atoms with Crippen LogP contribution in [0.3, 0.4) is 0 Å². The first-order chi connectivity index (χ1) is 14.3. The second-order valence-corrected chi connectivity index (χ2v) is 7.74. The molecule has 1 aliphatic rings. The number of piperazine rings is 1. The van der Waals surface area contributed by atoms with E-state index in [-0.39, 0.29) is 17.2 Å². The molecule has 0 unspecified atom stereocenters. The summed E-state index contributed by atoms with van der Waals surface area (Å²) in [6.45, 7) is 7.00. The predicted octanol–water partition coefficient (Wildman–Crippen LogP) is 3.54. The van der Waals surface area contributed by atoms with Gasteiger partial charge in [0.2, 0.25) is 5.91 Å². The summed E-state index contributed by atoms with van der Waals surface area (Å²) < 4.78 is 0. The Kier molecular flexibility index (Phi) is 6.66. The smallest absolute Gasteiger partial charge is 0.282 e. The highest BCUT2D eigenvalue weighted by molar-refractivity contribution is 6.07. The molecule has 0 spiro atoms. The van der Waals surface area contributed by atoms with Crippen molar-refractivity contribution in [3.05, 3.63) is 64.2 Å². The number of carbonyl (C=O) groups excluding carboxylic acids is 2. The van der Waals surface area contributed by atoms with E-state index in [1.54, 1.807) is 18.2 Å². The van der Waals surface area contributed by atoms with E-state index in [0.717, 1.165) is 18.8 Å². The molecule has 2 aromatic carbocycles. The molecule has 1 N–H and O–H groups in total. The van der Waals surface area contributed by atoms with Gasteiger partial charge in [0.25, 0.3) is 11.6 Å². The number of hydrogen-bond acceptors (Lipinski definition) is 5. The van der Waals surface area contributed by atoms with Gasteiger partial charge in [0.1, 0.15) is 5.56 Å². The molecule has 0 bridgehead atoms. The van der Waals surface area contributed by atoms with Gasteiger partial charge in [0.15, 0.2) is 0 Å². The fraction of sp³-hybridized carbons (Fsp3) is 0.364. The number of rotatable bonds is 6. The summed E-state index contributed by atoms with van der Waals surface area (Å²) in [5.41, 5.74) is 1.37. The standard InChI is InChI=1S/C22H26N4O4/c1-16(2)15-21(27)25-13-11-24(12-14-25)18-9-7-17(8-10-18)23-22(28)19-5-3-4-6-20(19)26(29)30/h3-10,16H,11-15H2,1-2H3,(H,23,28). The molecule has 30 heavy (non-hydrogen) atoms. The van der Waals surface area contributed by atoms with Gasteiger partial charge < -0.3 is 15.1 Å². The van der Waals surface area contributed by atoms with Crippen LogP contribution in [0.1, 0.15) is 30.6 Å². The number of anilines is 2. The van der Waals surface area contributed by atoms with Crippen molar-refractivity contribution in [3.63, 3.8) is 0 Å². The van der Waals surface area contributed by atoms with E-state index in [9.17, 15) is 19.7 Å². The number of nitrogens with zero attached hydrogens (tertiary/aromatic N) is 3. The Labute approximate surface area is 175 Å². The third-order valence-corrected chi connectivity index (χ3v) is 5.05. The minimum absolute atomic E-state index is 0.0220. The Morgan fingerprint density at radius 1 is 1.03 bits per heavy atom. The highest BCUT2D eigenvalue weighted by Crippen LogP contribution is 2.22. The Morgan fingerprint density at radius 3 is 2.27 bits per heavy atom. The van der Waals surface area contributed by atoms with Crippen LogP contribution < -0.4 is 10.2 Å². The van der Waals surface area contributed by atoms with Gasteiger partial charge >= 0.3 is 0 Å². The van der Waals surface area contributed by atoms with Gasteiger partial charge in [-0.2, -0.15) is 0 Å². The Balaban J connectivity index is 1.59. The number of nitro benzene ring substituents is 1. The lowest BCUT2D eigenvalue weighted by molar-refractivity contribution is -0.385. The molecule has 1 fully saturated rings. The van der Waals surface area contributed by atoms with Crippen LogP contribution >= 0.6 is 0 Å². The summed E-state index contributed by atoms with van der Waals surface area (Å²) in [6, 6.07) is 13.2. The summed E-state index contributed by atoms with van der Waals surface area (Å²) >= 11 is 0. The molecule has 1 heterocycles. The highest BCUT2D eigenvalue weighted by Gasteiger charge is 2.22. The van der Waals surface area contributed by atoms with E-state index in [2.05, 4.69) is 10.2 Å². The number of carbonyl (C=O) groups is 2. The molecule has 3 rings (SSSR count). The molecule has 2 aromatic rings. The lowest BCUT2D eigenvalue weighted by atomic mass is 10.1. The number of amides is 2. The van der Waals surface area contributed by atoms with Crippen LogP contribution in [0.15, 0.2) is 48.5 Å². The molecule has 8 heteroatoms. The van der Waals surface area contributed by atoms with E-state index in [1.807, 2.05) is 30.9 Å². The zero-order chi connectivity index (χ0) is 21.7. The van der Waals surface area contributed by atoms with Crippen LogP contribution in [0, 0.1) is 16.0 Å². The largest absolute Gasteiger partial charge is 0.368 e. The zero-order valence-electron chi connectivity index (χ0n) is 17.2. The lowest BCUT2D eigenvalue weighted by Crippen LogP contribution is -2.49. The number of benzene rings is 2. The lowest BCUT2D eigenvalue weighted by Gasteiger charge is -2.36. The Morgan fingerprint density at radius 2 is 1.67 bits per heavy atom. The van der Waals surface area contributed by atoms with E-state index in [4.69, 9.17) is 0 Å². The average molecular weight is 410 g/mol. The molecule has 0 aromatic heterocycles. The fourth-order valence-corrected chi connectivity index (χ4v) is 3.47. The molecule has 0 saturated carbocycles. The molecule has 1 aliphatic heterocycles. The van der Waals surface area contributed by atoms with Crippen LogP contribution in [0.4, 0.5) is 17.1 Å². The second kappa shape index (κ2) is 9.39. The quantitative estimate of drug-likeness (QED) is 0.580. The van der Waals surface area contributed by atoms with Gasteiger partial charge in [0.05, 0.1) is 4.92 Å². The second-order valence-electron chi connectivity index (χ2n) is 7.74. The van der Waals surface area contributed by atoms with Crippen LogP contribution in [0.25, 0.3) is 0 Å². The average Bonchev–Trinajstić information content (AvgIpc) is 2.74. The first kappa shape index (κ1) is 21.3. The van der Waals surface area contributed by atoms with E-state index >= 15 is 0 Å². The molecule has 0 aliphatic carbocycles. The minimum atomic E-state index is -0.566. The maximum absolute atomic E-state index is 12.4.